The zero-order chi connectivity index (χ0) is 15.5. The van der Waals surface area contributed by atoms with Crippen LogP contribution < -0.4 is 21.5 Å². The fourth-order valence-electron chi connectivity index (χ4n) is 2.51. The van der Waals surface area contributed by atoms with Crippen molar-refractivity contribution in [2.75, 3.05) is 0 Å². The molecule has 0 N–H and O–H groups in total. The number of carbonyl (C=O) groups excluding carboxylic acids is 1. The molecule has 0 fully saturated rings. The van der Waals surface area contributed by atoms with Crippen LogP contribution in [0.15, 0.2) is 60.8 Å². The van der Waals surface area contributed by atoms with Crippen molar-refractivity contribution in [2.24, 2.45) is 0 Å². The van der Waals surface area contributed by atoms with Crippen molar-refractivity contribution in [3.05, 3.63) is 77.5 Å². The van der Waals surface area contributed by atoms with Crippen LogP contribution in [-0.4, -0.2) is 5.78 Å². The molecule has 0 amide bonds. The summed E-state index contributed by atoms with van der Waals surface area (Å²) in [6, 6.07) is 19.0. The van der Waals surface area contributed by atoms with Crippen molar-refractivity contribution in [3.63, 3.8) is 0 Å². The Kier molecular flexibility index (Phi) is 5.25. The maximum atomic E-state index is 12.4. The third-order valence-electron chi connectivity index (χ3n) is 3.68. The number of ketones is 1. The molecule has 3 aromatic rings. The number of aryl methyl sites for hydroxylation is 1. The number of halogens is 1. The summed E-state index contributed by atoms with van der Waals surface area (Å²) >= 11 is 0. The molecule has 0 bridgehead atoms. The molecule has 0 aliphatic carbocycles. The number of carbonyl (C=O) groups is 1. The van der Waals surface area contributed by atoms with E-state index in [1.807, 2.05) is 35.0 Å². The molecule has 1 heterocycles. The van der Waals surface area contributed by atoms with Crippen molar-refractivity contribution in [2.45, 2.75) is 13.5 Å². The summed E-state index contributed by atoms with van der Waals surface area (Å²) < 4.78 is 1.95. The third-order valence-corrected chi connectivity index (χ3v) is 3.68. The number of pyridine rings is 1. The summed E-state index contributed by atoms with van der Waals surface area (Å²) in [6.07, 6.45) is 1.92. The maximum absolute atomic E-state index is 12.4. The number of Topliss-reactive ketones (excluding diaryl/α,β-unsaturated/α-hetero) is 1. The Hall–Kier alpha value is -2.51. The molecular formula is C19H15BrN2O. The minimum atomic E-state index is 0. The predicted octanol–water partition coefficient (Wildman–Crippen LogP) is 0.194. The zero-order valence-corrected chi connectivity index (χ0v) is 14.2. The standard InChI is InChI=1S/C19H15N2O.BrH/c1-14-4-9-18-17(11-14)3-2-10-21(18)13-19(22)16-7-5-15(12-20)6-8-16;/h2-11H,13H2,1H3;1H/q+1;/p-1. The van der Waals surface area contributed by atoms with Gasteiger partial charge in [0.25, 0.3) is 0 Å². The first kappa shape index (κ1) is 16.9. The first-order valence-corrected chi connectivity index (χ1v) is 7.09. The molecule has 23 heavy (non-hydrogen) atoms. The van der Waals surface area contributed by atoms with E-state index in [1.165, 1.54) is 5.56 Å². The molecule has 0 unspecified atom stereocenters. The van der Waals surface area contributed by atoms with Crippen LogP contribution in [0.2, 0.25) is 0 Å². The van der Waals surface area contributed by atoms with E-state index in [2.05, 4.69) is 19.1 Å². The van der Waals surface area contributed by atoms with Crippen molar-refractivity contribution in [3.8, 4) is 6.07 Å². The summed E-state index contributed by atoms with van der Waals surface area (Å²) in [6.45, 7) is 2.34. The van der Waals surface area contributed by atoms with Crippen LogP contribution in [0, 0.1) is 18.3 Å². The average molecular weight is 367 g/mol. The Morgan fingerprint density at radius 1 is 1.13 bits per heavy atom. The highest BCUT2D eigenvalue weighted by Gasteiger charge is 2.15. The van der Waals surface area contributed by atoms with E-state index < -0.39 is 0 Å². The van der Waals surface area contributed by atoms with E-state index in [9.17, 15) is 4.79 Å². The zero-order valence-electron chi connectivity index (χ0n) is 12.7. The van der Waals surface area contributed by atoms with Gasteiger partial charge in [-0.25, -0.2) is 0 Å². The Labute approximate surface area is 145 Å². The van der Waals surface area contributed by atoms with Crippen LogP contribution in [0.1, 0.15) is 21.5 Å². The fourth-order valence-corrected chi connectivity index (χ4v) is 2.51. The molecule has 4 heteroatoms. The van der Waals surface area contributed by atoms with E-state index in [0.29, 0.717) is 11.1 Å². The second-order valence-corrected chi connectivity index (χ2v) is 5.31. The number of hydrogen-bond acceptors (Lipinski definition) is 2. The lowest BCUT2D eigenvalue weighted by molar-refractivity contribution is -0.657. The molecule has 0 atom stereocenters. The second kappa shape index (κ2) is 7.17. The van der Waals surface area contributed by atoms with Crippen LogP contribution in [0.3, 0.4) is 0 Å². The van der Waals surface area contributed by atoms with Crippen molar-refractivity contribution in [1.29, 1.82) is 5.26 Å². The van der Waals surface area contributed by atoms with E-state index in [-0.39, 0.29) is 29.3 Å². The lowest BCUT2D eigenvalue weighted by Crippen LogP contribution is -3.00. The van der Waals surface area contributed by atoms with Crippen LogP contribution in [0.25, 0.3) is 10.9 Å². The van der Waals surface area contributed by atoms with Gasteiger partial charge in [-0.1, -0.05) is 11.6 Å². The molecule has 1 aromatic heterocycles. The van der Waals surface area contributed by atoms with Crippen molar-refractivity contribution in [1.82, 2.24) is 0 Å². The smallest absolute Gasteiger partial charge is 0.227 e. The summed E-state index contributed by atoms with van der Waals surface area (Å²) in [5.41, 5.74) is 3.42. The topological polar surface area (TPSA) is 44.7 Å². The van der Waals surface area contributed by atoms with Gasteiger partial charge >= 0.3 is 0 Å². The van der Waals surface area contributed by atoms with Crippen molar-refractivity contribution >= 4 is 16.7 Å². The van der Waals surface area contributed by atoms with Gasteiger partial charge in [0.1, 0.15) is 0 Å². The third kappa shape index (κ3) is 3.64. The number of aromatic nitrogens is 1. The quantitative estimate of drug-likeness (QED) is 0.490. The van der Waals surface area contributed by atoms with E-state index >= 15 is 0 Å². The van der Waals surface area contributed by atoms with Gasteiger partial charge in [0.2, 0.25) is 17.8 Å². The SMILES string of the molecule is Cc1ccc2c(ccc[n+]2CC(=O)c2ccc(C#N)cc2)c1.[Br-]. The van der Waals surface area contributed by atoms with Crippen LogP contribution in [-0.2, 0) is 6.54 Å². The molecule has 0 aliphatic heterocycles. The maximum Gasteiger partial charge on any atom is 0.227 e. The number of fused-ring (bicyclic) bond motifs is 1. The number of hydrogen-bond donors (Lipinski definition) is 0. The van der Waals surface area contributed by atoms with Gasteiger partial charge < -0.3 is 17.0 Å². The van der Waals surface area contributed by atoms with Crippen LogP contribution >= 0.6 is 0 Å². The van der Waals surface area contributed by atoms with E-state index in [0.717, 1.165) is 10.9 Å². The molecule has 0 radical (unpaired) electrons. The molecule has 2 aromatic carbocycles. The van der Waals surface area contributed by atoms with Gasteiger partial charge in [-0.3, -0.25) is 4.79 Å². The summed E-state index contributed by atoms with van der Waals surface area (Å²) in [5, 5.41) is 9.92. The highest BCUT2D eigenvalue weighted by atomic mass is 79.9. The van der Waals surface area contributed by atoms with Gasteiger partial charge in [0.05, 0.1) is 11.6 Å². The van der Waals surface area contributed by atoms with Gasteiger partial charge in [0, 0.05) is 23.1 Å². The van der Waals surface area contributed by atoms with Crippen LogP contribution in [0.5, 0.6) is 0 Å². The molecular weight excluding hydrogens is 352 g/mol. The number of nitriles is 1. The van der Waals surface area contributed by atoms with Crippen LogP contribution in [0.4, 0.5) is 0 Å². The minimum Gasteiger partial charge on any atom is -1.00 e. The van der Waals surface area contributed by atoms with Gasteiger partial charge in [-0.15, -0.1) is 0 Å². The number of nitrogens with zero attached hydrogens (tertiary/aromatic N) is 2. The Morgan fingerprint density at radius 3 is 2.57 bits per heavy atom. The van der Waals surface area contributed by atoms with Gasteiger partial charge in [-0.2, -0.15) is 9.83 Å². The minimum absolute atomic E-state index is 0. The molecule has 0 saturated carbocycles. The first-order valence-electron chi connectivity index (χ1n) is 7.09. The molecule has 0 saturated heterocycles. The summed E-state index contributed by atoms with van der Waals surface area (Å²) in [5.74, 6) is 0.0302. The normalized spacial score (nSPS) is 9.91. The predicted molar refractivity (Wildman–Crippen MR) is 84.4 cm³/mol. The van der Waals surface area contributed by atoms with Crippen molar-refractivity contribution < 1.29 is 26.3 Å². The Morgan fingerprint density at radius 2 is 1.87 bits per heavy atom. The Balaban J connectivity index is 0.00000192. The summed E-state index contributed by atoms with van der Waals surface area (Å²) in [7, 11) is 0. The fraction of sp³-hybridized carbons (Fsp3) is 0.105. The number of benzene rings is 2. The van der Waals surface area contributed by atoms with E-state index in [4.69, 9.17) is 5.26 Å². The molecule has 0 aliphatic rings. The van der Waals surface area contributed by atoms with E-state index in [1.54, 1.807) is 24.3 Å². The Bertz CT molecular complexity index is 895. The van der Waals surface area contributed by atoms with Gasteiger partial charge in [0.15, 0.2) is 6.20 Å². The largest absolute Gasteiger partial charge is 1.00 e. The molecule has 3 nitrogen and oxygen atoms in total. The lowest BCUT2D eigenvalue weighted by atomic mass is 10.1. The van der Waals surface area contributed by atoms with Gasteiger partial charge in [-0.05, 0) is 43.3 Å². The molecule has 3 rings (SSSR count). The highest BCUT2D eigenvalue weighted by molar-refractivity contribution is 5.95. The second-order valence-electron chi connectivity index (χ2n) is 5.31. The number of rotatable bonds is 3. The monoisotopic (exact) mass is 366 g/mol. The highest BCUT2D eigenvalue weighted by Crippen LogP contribution is 2.12. The molecule has 0 spiro atoms. The summed E-state index contributed by atoms with van der Waals surface area (Å²) in [4.78, 5) is 12.4. The molecule has 114 valence electrons. The average Bonchev–Trinajstić information content (AvgIpc) is 2.55. The first-order chi connectivity index (χ1) is 10.7. The lowest BCUT2D eigenvalue weighted by Gasteiger charge is -2.02.